The van der Waals surface area contributed by atoms with Gasteiger partial charge in [0.1, 0.15) is 22.4 Å². The normalized spacial score (nSPS) is 26.3. The van der Waals surface area contributed by atoms with Gasteiger partial charge in [0, 0.05) is 43.5 Å². The molecule has 1 aromatic heterocycles. The SMILES string of the molecule is C=C(/C(=C(\CC)C1CCC(OCCOC)(C(=O)NS(C)=O)CC1)S(C)=O)n1ncc(C2=CN(c3ccccc3)N3CC23)c1N. The topological polar surface area (TPSA) is 132 Å². The number of nitrogen functional groups attached to an aromatic ring is 1. The van der Waals surface area contributed by atoms with Crippen molar-refractivity contribution in [1.29, 1.82) is 0 Å². The molecule has 2 aliphatic heterocycles. The maximum Gasteiger partial charge on any atom is 0.263 e. The molecule has 3 aliphatic rings. The largest absolute Gasteiger partial charge is 0.383 e. The summed E-state index contributed by atoms with van der Waals surface area (Å²) in [6.07, 6.45) is 9.73. The minimum Gasteiger partial charge on any atom is -0.383 e. The number of methoxy groups -OCH3 is 1. The first kappa shape index (κ1) is 32.3. The van der Waals surface area contributed by atoms with Gasteiger partial charge < -0.3 is 15.2 Å². The summed E-state index contributed by atoms with van der Waals surface area (Å²) in [5.41, 5.74) is 10.1. The number of allylic oxidation sites excluding steroid dienone is 2. The number of benzene rings is 1. The van der Waals surface area contributed by atoms with Gasteiger partial charge in [0.25, 0.3) is 5.91 Å². The Kier molecular flexibility index (Phi) is 9.90. The third-order valence-corrected chi connectivity index (χ3v) is 10.2. The van der Waals surface area contributed by atoms with Gasteiger partial charge >= 0.3 is 0 Å². The van der Waals surface area contributed by atoms with E-state index in [0.717, 1.165) is 28.9 Å². The highest BCUT2D eigenvalue weighted by molar-refractivity contribution is 7.88. The van der Waals surface area contributed by atoms with E-state index < -0.39 is 27.4 Å². The number of carbonyl (C=O) groups excluding carboxylic acids is 1. The van der Waals surface area contributed by atoms with E-state index in [0.29, 0.717) is 55.1 Å². The molecule has 2 fully saturated rings. The number of amides is 1. The highest BCUT2D eigenvalue weighted by Crippen LogP contribution is 2.45. The average Bonchev–Trinajstić information content (AvgIpc) is 3.57. The minimum absolute atomic E-state index is 0.0583. The first-order valence-corrected chi connectivity index (χ1v) is 17.9. The van der Waals surface area contributed by atoms with Gasteiger partial charge in [-0.15, -0.1) is 0 Å². The van der Waals surface area contributed by atoms with Crippen molar-refractivity contribution in [2.45, 2.75) is 50.7 Å². The molecule has 4 atom stereocenters. The molecule has 11 nitrogen and oxygen atoms in total. The number of hydrazine groups is 1. The molecule has 0 spiro atoms. The number of rotatable bonds is 13. The standard InChI is InChI=1S/C31H42N6O5S2/c1-6-24(22-12-14-31(15-13-22,42-17-16-41-3)30(38)34-44(5)40)28(43(4)39)21(2)37-29(32)25(18-33-37)26-19-35(36-20-27(26)36)23-10-8-7-9-11-23/h7-11,18-19,22,27H,2,6,12-17,20,32H2,1,3-5H3,(H,34,38)/b28-24-. The van der Waals surface area contributed by atoms with Crippen LogP contribution < -0.4 is 15.5 Å². The van der Waals surface area contributed by atoms with Gasteiger partial charge in [-0.25, -0.2) is 13.9 Å². The Morgan fingerprint density at radius 2 is 1.89 bits per heavy atom. The van der Waals surface area contributed by atoms with Crippen LogP contribution in [0.25, 0.3) is 11.3 Å². The molecular formula is C31H42N6O5S2. The quantitative estimate of drug-likeness (QED) is 0.192. The van der Waals surface area contributed by atoms with Crippen molar-refractivity contribution in [3.05, 3.63) is 65.3 Å². The molecule has 5 rings (SSSR count). The van der Waals surface area contributed by atoms with Gasteiger partial charge in [-0.05, 0) is 55.7 Å². The van der Waals surface area contributed by atoms with Crippen molar-refractivity contribution in [2.24, 2.45) is 5.92 Å². The lowest BCUT2D eigenvalue weighted by atomic mass is 9.74. The van der Waals surface area contributed by atoms with Crippen molar-refractivity contribution in [1.82, 2.24) is 19.5 Å². The molecule has 44 heavy (non-hydrogen) atoms. The summed E-state index contributed by atoms with van der Waals surface area (Å²) in [5.74, 6) is 0.138. The molecule has 0 radical (unpaired) electrons. The van der Waals surface area contributed by atoms with Crippen molar-refractivity contribution in [3.8, 4) is 0 Å². The number of nitrogens with one attached hydrogen (secondary N) is 1. The molecule has 238 valence electrons. The van der Waals surface area contributed by atoms with Crippen LogP contribution in [0.3, 0.4) is 0 Å². The highest BCUT2D eigenvalue weighted by atomic mass is 32.2. The smallest absolute Gasteiger partial charge is 0.263 e. The van der Waals surface area contributed by atoms with Crippen LogP contribution in [-0.2, 0) is 36.1 Å². The fraction of sp³-hybridized carbons (Fsp3) is 0.484. The molecule has 1 saturated heterocycles. The Bertz CT molecular complexity index is 1510. The van der Waals surface area contributed by atoms with E-state index in [1.54, 1.807) is 24.2 Å². The van der Waals surface area contributed by atoms with E-state index in [-0.39, 0.29) is 24.5 Å². The van der Waals surface area contributed by atoms with Gasteiger partial charge in [-0.3, -0.25) is 18.7 Å². The molecule has 1 saturated carbocycles. The zero-order chi connectivity index (χ0) is 31.6. The van der Waals surface area contributed by atoms with Crippen LogP contribution in [0.1, 0.15) is 44.6 Å². The van der Waals surface area contributed by atoms with Crippen molar-refractivity contribution >= 4 is 50.5 Å². The Morgan fingerprint density at radius 1 is 1.18 bits per heavy atom. The number of anilines is 2. The predicted molar refractivity (Wildman–Crippen MR) is 175 cm³/mol. The molecule has 3 heterocycles. The summed E-state index contributed by atoms with van der Waals surface area (Å²) >= 11 is 0. The fourth-order valence-corrected chi connectivity index (χ4v) is 7.99. The van der Waals surface area contributed by atoms with Crippen molar-refractivity contribution in [2.75, 3.05) is 50.1 Å². The molecular weight excluding hydrogens is 601 g/mol. The first-order chi connectivity index (χ1) is 21.1. The van der Waals surface area contributed by atoms with E-state index in [1.807, 2.05) is 25.1 Å². The lowest BCUT2D eigenvalue weighted by molar-refractivity contribution is -0.153. The maximum absolute atomic E-state index is 13.3. The van der Waals surface area contributed by atoms with Crippen LogP contribution in [0.15, 0.2) is 59.8 Å². The zero-order valence-electron chi connectivity index (χ0n) is 25.8. The van der Waals surface area contributed by atoms with Gasteiger partial charge in [-0.1, -0.05) is 31.7 Å². The maximum atomic E-state index is 13.3. The summed E-state index contributed by atoms with van der Waals surface area (Å²) in [6.45, 7) is 7.88. The third-order valence-electron chi connectivity index (χ3n) is 8.70. The van der Waals surface area contributed by atoms with Crippen molar-refractivity contribution in [3.63, 3.8) is 0 Å². The number of nitrogens with zero attached hydrogens (tertiary/aromatic N) is 4. The summed E-state index contributed by atoms with van der Waals surface area (Å²) in [4.78, 5) is 13.7. The highest BCUT2D eigenvalue weighted by Gasteiger charge is 2.48. The van der Waals surface area contributed by atoms with E-state index in [2.05, 4.69) is 44.8 Å². The number of aromatic nitrogens is 2. The van der Waals surface area contributed by atoms with E-state index in [4.69, 9.17) is 15.2 Å². The Balaban J connectivity index is 1.39. The molecule has 1 aromatic carbocycles. The summed E-state index contributed by atoms with van der Waals surface area (Å²) < 4.78 is 40.4. The average molecular weight is 643 g/mol. The van der Waals surface area contributed by atoms with E-state index >= 15 is 0 Å². The second-order valence-corrected chi connectivity index (χ2v) is 13.8. The third kappa shape index (κ3) is 6.34. The van der Waals surface area contributed by atoms with Crippen LogP contribution >= 0.6 is 0 Å². The summed E-state index contributed by atoms with van der Waals surface area (Å²) in [7, 11) is -1.30. The Labute approximate surface area is 264 Å². The molecule has 13 heteroatoms. The molecule has 0 bridgehead atoms. The lowest BCUT2D eigenvalue weighted by Gasteiger charge is -2.39. The number of nitrogens with two attached hydrogens (primary N) is 1. The van der Waals surface area contributed by atoms with E-state index in [9.17, 15) is 13.2 Å². The van der Waals surface area contributed by atoms with Gasteiger partial charge in [0.15, 0.2) is 0 Å². The van der Waals surface area contributed by atoms with Gasteiger partial charge in [-0.2, -0.15) is 5.10 Å². The predicted octanol–water partition coefficient (Wildman–Crippen LogP) is 3.44. The molecule has 4 unspecified atom stereocenters. The van der Waals surface area contributed by atoms with Crippen LogP contribution in [0.5, 0.6) is 0 Å². The number of hydrogen-bond donors (Lipinski definition) is 2. The first-order valence-electron chi connectivity index (χ1n) is 14.8. The number of ether oxygens (including phenoxy) is 2. The second-order valence-electron chi connectivity index (χ2n) is 11.4. The number of para-hydroxylation sites is 1. The number of fused-ring (bicyclic) bond motifs is 1. The lowest BCUT2D eigenvalue weighted by Crippen LogP contribution is -2.52. The Hall–Kier alpha value is -3.10. The molecule has 1 aliphatic carbocycles. The minimum atomic E-state index is -1.51. The molecule has 2 aromatic rings. The van der Waals surface area contributed by atoms with Crippen LogP contribution in [-0.4, -0.2) is 80.1 Å². The summed E-state index contributed by atoms with van der Waals surface area (Å²) in [6, 6.07) is 10.4. The van der Waals surface area contributed by atoms with Crippen LogP contribution in [0.4, 0.5) is 11.5 Å². The van der Waals surface area contributed by atoms with Gasteiger partial charge in [0.05, 0.1) is 52.5 Å². The van der Waals surface area contributed by atoms with Crippen molar-refractivity contribution < 1.29 is 22.7 Å². The monoisotopic (exact) mass is 642 g/mol. The zero-order valence-corrected chi connectivity index (χ0v) is 27.4. The summed E-state index contributed by atoms with van der Waals surface area (Å²) in [5, 5.41) is 9.03. The molecule has 1 amide bonds. The van der Waals surface area contributed by atoms with Gasteiger partial charge in [0.2, 0.25) is 0 Å². The fourth-order valence-electron chi connectivity index (χ4n) is 6.45. The van der Waals surface area contributed by atoms with Crippen LogP contribution in [0.2, 0.25) is 0 Å². The number of carbonyl (C=O) groups is 1. The van der Waals surface area contributed by atoms with Crippen LogP contribution in [0, 0.1) is 5.92 Å². The van der Waals surface area contributed by atoms with E-state index in [1.165, 1.54) is 6.26 Å². The Morgan fingerprint density at radius 3 is 2.50 bits per heavy atom. The number of hydrogen-bond acceptors (Lipinski definition) is 9. The second kappa shape index (κ2) is 13.5. The molecule has 3 N–H and O–H groups in total.